The highest BCUT2D eigenvalue weighted by Gasteiger charge is 2.57. The molecule has 1 aromatic carbocycles. The number of rotatable bonds is 2. The number of ether oxygens (including phenoxy) is 1. The van der Waals surface area contributed by atoms with Crippen LogP contribution in [0.1, 0.15) is 69.8 Å². The Labute approximate surface area is 179 Å². The third-order valence-electron chi connectivity index (χ3n) is 8.96. The minimum absolute atomic E-state index is 0.0245. The van der Waals surface area contributed by atoms with Crippen LogP contribution in [0.3, 0.4) is 0 Å². The smallest absolute Gasteiger partial charge is 0.225 e. The van der Waals surface area contributed by atoms with Gasteiger partial charge in [-0.2, -0.15) is 0 Å². The van der Waals surface area contributed by atoms with Gasteiger partial charge in [0.05, 0.1) is 17.1 Å². The molecule has 2 fully saturated rings. The van der Waals surface area contributed by atoms with Gasteiger partial charge in [-0.1, -0.05) is 20.8 Å². The number of fused-ring (bicyclic) bond motifs is 5. The quantitative estimate of drug-likeness (QED) is 0.793. The third kappa shape index (κ3) is 2.77. The molecule has 1 N–H and O–H groups in total. The summed E-state index contributed by atoms with van der Waals surface area (Å²) in [5, 5.41) is 0. The van der Waals surface area contributed by atoms with Crippen LogP contribution in [-0.2, 0) is 21.4 Å². The van der Waals surface area contributed by atoms with Gasteiger partial charge in [0, 0.05) is 31.0 Å². The molecule has 0 radical (unpaired) electrons. The number of piperidine rings is 1. The Balaban J connectivity index is 1.49. The number of aryl methyl sites for hydroxylation is 1. The summed E-state index contributed by atoms with van der Waals surface area (Å²) in [7, 11) is 1.79. The average molecular weight is 410 g/mol. The van der Waals surface area contributed by atoms with Crippen molar-refractivity contribution in [2.75, 3.05) is 13.7 Å². The van der Waals surface area contributed by atoms with Gasteiger partial charge in [-0.3, -0.25) is 4.79 Å². The molecule has 5 nitrogen and oxygen atoms in total. The van der Waals surface area contributed by atoms with Gasteiger partial charge in [-0.05, 0) is 74.1 Å². The van der Waals surface area contributed by atoms with E-state index in [1.54, 1.807) is 7.11 Å². The molecule has 1 saturated heterocycles. The van der Waals surface area contributed by atoms with Gasteiger partial charge in [0.2, 0.25) is 5.91 Å². The summed E-state index contributed by atoms with van der Waals surface area (Å²) in [6.45, 7) is 10.0. The zero-order chi connectivity index (χ0) is 21.3. The lowest BCUT2D eigenvalue weighted by Crippen LogP contribution is -2.65. The molecule has 2 heterocycles. The minimum Gasteiger partial charge on any atom is -0.381 e. The summed E-state index contributed by atoms with van der Waals surface area (Å²) in [5.74, 6) is 1.51. The van der Waals surface area contributed by atoms with Crippen molar-refractivity contribution in [3.63, 3.8) is 0 Å². The van der Waals surface area contributed by atoms with Crippen LogP contribution in [0.2, 0.25) is 0 Å². The van der Waals surface area contributed by atoms with Crippen molar-refractivity contribution < 1.29 is 9.53 Å². The van der Waals surface area contributed by atoms with E-state index in [1.165, 1.54) is 11.1 Å². The van der Waals surface area contributed by atoms with Gasteiger partial charge in [-0.25, -0.2) is 4.98 Å². The number of carbonyl (C=O) groups is 1. The molecule has 1 aromatic heterocycles. The molecule has 162 valence electrons. The molecule has 2 aliphatic carbocycles. The number of imidazole rings is 1. The number of methoxy groups -OCH3 is 1. The predicted octanol–water partition coefficient (Wildman–Crippen LogP) is 4.52. The summed E-state index contributed by atoms with van der Waals surface area (Å²) in [5.41, 5.74) is 5.08. The maximum absolute atomic E-state index is 13.6. The first-order valence-electron chi connectivity index (χ1n) is 11.6. The second-order valence-electron chi connectivity index (χ2n) is 10.6. The first-order chi connectivity index (χ1) is 14.2. The molecule has 30 heavy (non-hydrogen) atoms. The van der Waals surface area contributed by atoms with Crippen molar-refractivity contribution in [1.29, 1.82) is 0 Å². The lowest BCUT2D eigenvalue weighted by Gasteiger charge is -2.61. The van der Waals surface area contributed by atoms with Crippen LogP contribution in [-0.4, -0.2) is 46.6 Å². The summed E-state index contributed by atoms with van der Waals surface area (Å²) in [4.78, 5) is 24.0. The Morgan fingerprint density at radius 2 is 1.93 bits per heavy atom. The van der Waals surface area contributed by atoms with Gasteiger partial charge in [0.1, 0.15) is 5.82 Å². The van der Waals surface area contributed by atoms with Gasteiger partial charge < -0.3 is 14.6 Å². The maximum Gasteiger partial charge on any atom is 0.225 e. The lowest BCUT2D eigenvalue weighted by molar-refractivity contribution is -0.150. The van der Waals surface area contributed by atoms with E-state index in [9.17, 15) is 4.79 Å². The molecule has 0 unspecified atom stereocenters. The highest BCUT2D eigenvalue weighted by molar-refractivity contribution is 5.81. The van der Waals surface area contributed by atoms with Crippen molar-refractivity contribution in [2.24, 2.45) is 11.3 Å². The Hall–Kier alpha value is -1.88. The number of amides is 1. The van der Waals surface area contributed by atoms with E-state index in [4.69, 9.17) is 9.72 Å². The van der Waals surface area contributed by atoms with Crippen molar-refractivity contribution in [3.05, 3.63) is 29.1 Å². The standard InChI is InChI=1S/C25H35N3O2/c1-15-26-20-12-17-13-22-24(2,3)25(4,19(17)14-21(20)27-15)10-11-28(22)23(29)16-6-8-18(30-5)9-7-16/h12,14,16,18,22H,6-11,13H2,1-5H3,(H,26,27)/t16?,18?,22-,25+/m1/s1. The van der Waals surface area contributed by atoms with E-state index in [0.717, 1.165) is 61.9 Å². The number of H-pyrrole nitrogens is 1. The number of likely N-dealkylation sites (tertiary alicyclic amines) is 1. The van der Waals surface area contributed by atoms with Crippen molar-refractivity contribution in [2.45, 2.75) is 83.8 Å². The normalized spacial score (nSPS) is 32.8. The van der Waals surface area contributed by atoms with Crippen LogP contribution in [0.15, 0.2) is 12.1 Å². The fraction of sp³-hybridized carbons (Fsp3) is 0.680. The number of benzene rings is 1. The third-order valence-corrected chi connectivity index (χ3v) is 8.96. The Bertz CT molecular complexity index is 986. The van der Waals surface area contributed by atoms with Crippen LogP contribution in [0.4, 0.5) is 0 Å². The van der Waals surface area contributed by atoms with Gasteiger partial charge in [0.25, 0.3) is 0 Å². The van der Waals surface area contributed by atoms with Crippen molar-refractivity contribution in [3.8, 4) is 0 Å². The molecule has 3 aliphatic rings. The van der Waals surface area contributed by atoms with Gasteiger partial charge in [0.15, 0.2) is 0 Å². The monoisotopic (exact) mass is 409 g/mol. The first kappa shape index (κ1) is 20.0. The van der Waals surface area contributed by atoms with Gasteiger partial charge in [-0.15, -0.1) is 0 Å². The molecule has 2 bridgehead atoms. The molecule has 0 spiro atoms. The number of nitrogens with one attached hydrogen (secondary N) is 1. The Morgan fingerprint density at radius 3 is 2.63 bits per heavy atom. The molecule has 1 saturated carbocycles. The summed E-state index contributed by atoms with van der Waals surface area (Å²) in [6, 6.07) is 4.86. The fourth-order valence-electron chi connectivity index (χ4n) is 6.59. The molecule has 1 aliphatic heterocycles. The van der Waals surface area contributed by atoms with E-state index in [0.29, 0.717) is 12.0 Å². The highest BCUT2D eigenvalue weighted by atomic mass is 16.5. The SMILES string of the molecule is COC1CCC(C(=O)N2CC[C@@]3(C)c4cc5nc(C)[nH]c5cc4C[C@@H]2C3(C)C)CC1. The fourth-order valence-corrected chi connectivity index (χ4v) is 6.59. The summed E-state index contributed by atoms with van der Waals surface area (Å²) < 4.78 is 5.52. The van der Waals surface area contributed by atoms with E-state index in [2.05, 4.69) is 42.8 Å². The zero-order valence-corrected chi connectivity index (χ0v) is 19.0. The number of aromatic amines is 1. The molecular weight excluding hydrogens is 374 g/mol. The first-order valence-corrected chi connectivity index (χ1v) is 11.6. The van der Waals surface area contributed by atoms with Crippen LogP contribution >= 0.6 is 0 Å². The summed E-state index contributed by atoms with van der Waals surface area (Å²) >= 11 is 0. The molecular formula is C25H35N3O2. The van der Waals surface area contributed by atoms with E-state index < -0.39 is 0 Å². The number of carbonyl (C=O) groups excluding carboxylic acids is 1. The van der Waals surface area contributed by atoms with Crippen molar-refractivity contribution in [1.82, 2.24) is 14.9 Å². The number of hydrogen-bond acceptors (Lipinski definition) is 3. The minimum atomic E-state index is 0.0245. The number of nitrogens with zero attached hydrogens (tertiary/aromatic N) is 2. The highest BCUT2D eigenvalue weighted by Crippen LogP contribution is 2.56. The van der Waals surface area contributed by atoms with Crippen LogP contribution < -0.4 is 0 Å². The van der Waals surface area contributed by atoms with E-state index in [-0.39, 0.29) is 22.8 Å². The topological polar surface area (TPSA) is 58.2 Å². The van der Waals surface area contributed by atoms with E-state index >= 15 is 0 Å². The Kier molecular flexibility index (Phi) is 4.55. The maximum atomic E-state index is 13.6. The van der Waals surface area contributed by atoms with Gasteiger partial charge >= 0.3 is 0 Å². The lowest BCUT2D eigenvalue weighted by atomic mass is 9.51. The average Bonchev–Trinajstić information content (AvgIpc) is 3.08. The molecule has 2 atom stereocenters. The Morgan fingerprint density at radius 1 is 1.20 bits per heavy atom. The molecule has 1 amide bonds. The van der Waals surface area contributed by atoms with Crippen LogP contribution in [0.5, 0.6) is 0 Å². The van der Waals surface area contributed by atoms with Crippen LogP contribution in [0, 0.1) is 18.3 Å². The molecule has 2 aromatic rings. The summed E-state index contributed by atoms with van der Waals surface area (Å²) in [6.07, 6.45) is 6.21. The van der Waals surface area contributed by atoms with Crippen molar-refractivity contribution >= 4 is 16.9 Å². The zero-order valence-electron chi connectivity index (χ0n) is 19.0. The van der Waals surface area contributed by atoms with Crippen LogP contribution in [0.25, 0.3) is 11.0 Å². The predicted molar refractivity (Wildman–Crippen MR) is 119 cm³/mol. The number of aromatic nitrogens is 2. The largest absolute Gasteiger partial charge is 0.381 e. The number of hydrogen-bond donors (Lipinski definition) is 1. The van der Waals surface area contributed by atoms with E-state index in [1.807, 2.05) is 6.92 Å². The second-order valence-corrected chi connectivity index (χ2v) is 10.6. The molecule has 5 rings (SSSR count). The molecule has 5 heteroatoms. The second kappa shape index (κ2) is 6.81.